The van der Waals surface area contributed by atoms with Crippen LogP contribution in [0.25, 0.3) is 0 Å². The van der Waals surface area contributed by atoms with Crippen molar-refractivity contribution in [2.75, 3.05) is 5.32 Å². The highest BCUT2D eigenvalue weighted by molar-refractivity contribution is 6.28. The Hall–Kier alpha value is -3.49. The smallest absolute Gasteiger partial charge is 0.281 e. The monoisotopic (exact) mass is 357 g/mol. The molecule has 1 N–H and O–H groups in total. The maximum absolute atomic E-state index is 13.3. The van der Waals surface area contributed by atoms with E-state index in [1.54, 1.807) is 13.8 Å². The first-order valence-corrected chi connectivity index (χ1v) is 7.47. The van der Waals surface area contributed by atoms with Gasteiger partial charge in [-0.05, 0) is 32.0 Å². The minimum absolute atomic E-state index is 0.0337. The Balaban J connectivity index is 1.94. The van der Waals surface area contributed by atoms with Crippen molar-refractivity contribution in [2.45, 2.75) is 13.8 Å². The number of aromatic nitrogens is 2. The van der Waals surface area contributed by atoms with Crippen molar-refractivity contribution >= 4 is 29.3 Å². The Bertz CT molecular complexity index is 1020. The number of aryl methyl sites for hydroxylation is 1. The maximum atomic E-state index is 13.3. The standard InChI is InChI=1S/C17H13F2N5O2/c1-8-6-14(21-16(26)11-4-5-12(18)13(19)7-11)24(23-8)17-20-10(3)9(2)15(25)22-17/h4-7H,2H2,1,3H3,(H,21,26). The second-order valence-electron chi connectivity index (χ2n) is 5.56. The number of carbonyl (C=O) groups excluding carboxylic acids is 2. The van der Waals surface area contributed by atoms with E-state index in [4.69, 9.17) is 0 Å². The zero-order valence-electron chi connectivity index (χ0n) is 13.9. The largest absolute Gasteiger partial charge is 0.306 e. The number of carbonyl (C=O) groups is 2. The van der Waals surface area contributed by atoms with Gasteiger partial charge in [0.2, 0.25) is 0 Å². The zero-order valence-corrected chi connectivity index (χ0v) is 13.9. The van der Waals surface area contributed by atoms with E-state index in [-0.39, 0.29) is 22.9 Å². The summed E-state index contributed by atoms with van der Waals surface area (Å²) in [5.41, 5.74) is 0.998. The number of aliphatic imine (C=N–C) groups is 2. The summed E-state index contributed by atoms with van der Waals surface area (Å²) >= 11 is 0. The first-order valence-electron chi connectivity index (χ1n) is 7.47. The SMILES string of the molecule is C=C1C(=O)N=C(n2nc(C)cc2NC(=O)c2ccc(F)c(F)c2)N=C1C. The molecule has 3 rings (SSSR count). The van der Waals surface area contributed by atoms with Crippen LogP contribution in [0, 0.1) is 18.6 Å². The van der Waals surface area contributed by atoms with Crippen LogP contribution < -0.4 is 5.32 Å². The predicted octanol–water partition coefficient (Wildman–Crippen LogP) is 2.48. The lowest BCUT2D eigenvalue weighted by Crippen LogP contribution is -2.25. The fourth-order valence-electron chi connectivity index (χ4n) is 2.22. The van der Waals surface area contributed by atoms with Gasteiger partial charge < -0.3 is 5.32 Å². The van der Waals surface area contributed by atoms with Crippen LogP contribution in [0.1, 0.15) is 23.0 Å². The molecule has 1 aliphatic rings. The summed E-state index contributed by atoms with van der Waals surface area (Å²) in [5, 5.41) is 6.68. The Morgan fingerprint density at radius 2 is 1.88 bits per heavy atom. The van der Waals surface area contributed by atoms with Gasteiger partial charge in [-0.25, -0.2) is 13.8 Å². The number of amides is 2. The lowest BCUT2D eigenvalue weighted by molar-refractivity contribution is -0.113. The fourth-order valence-corrected chi connectivity index (χ4v) is 2.22. The Labute approximate surface area is 146 Å². The molecule has 2 heterocycles. The summed E-state index contributed by atoms with van der Waals surface area (Å²) in [5.74, 6) is -3.29. The molecule has 0 spiro atoms. The summed E-state index contributed by atoms with van der Waals surface area (Å²) in [4.78, 5) is 32.1. The number of halogens is 2. The van der Waals surface area contributed by atoms with Crippen LogP contribution >= 0.6 is 0 Å². The molecule has 1 aliphatic heterocycles. The molecule has 1 aromatic carbocycles. The van der Waals surface area contributed by atoms with E-state index in [1.807, 2.05) is 0 Å². The fraction of sp³-hybridized carbons (Fsp3) is 0.118. The van der Waals surface area contributed by atoms with E-state index in [9.17, 15) is 18.4 Å². The molecule has 0 unspecified atom stereocenters. The predicted molar refractivity (Wildman–Crippen MR) is 91.4 cm³/mol. The van der Waals surface area contributed by atoms with E-state index in [1.165, 1.54) is 10.7 Å². The van der Waals surface area contributed by atoms with Crippen LogP contribution in [0.5, 0.6) is 0 Å². The summed E-state index contributed by atoms with van der Waals surface area (Å²) in [7, 11) is 0. The van der Waals surface area contributed by atoms with Crippen molar-refractivity contribution in [3.05, 3.63) is 59.3 Å². The van der Waals surface area contributed by atoms with Crippen molar-refractivity contribution in [1.29, 1.82) is 0 Å². The highest BCUT2D eigenvalue weighted by Gasteiger charge is 2.22. The third kappa shape index (κ3) is 3.18. The van der Waals surface area contributed by atoms with Crippen LogP contribution in [0.15, 0.2) is 46.4 Å². The van der Waals surface area contributed by atoms with Crippen molar-refractivity contribution in [2.24, 2.45) is 9.98 Å². The average molecular weight is 357 g/mol. The topological polar surface area (TPSA) is 88.7 Å². The van der Waals surface area contributed by atoms with E-state index in [0.29, 0.717) is 11.4 Å². The highest BCUT2D eigenvalue weighted by Crippen LogP contribution is 2.16. The number of hydrogen-bond acceptors (Lipinski definition) is 4. The lowest BCUT2D eigenvalue weighted by atomic mass is 10.2. The van der Waals surface area contributed by atoms with Gasteiger partial charge in [-0.1, -0.05) is 6.58 Å². The van der Waals surface area contributed by atoms with Crippen molar-refractivity contribution in [1.82, 2.24) is 9.78 Å². The molecule has 0 atom stereocenters. The summed E-state index contributed by atoms with van der Waals surface area (Å²) in [6.07, 6.45) is 0. The molecule has 7 nitrogen and oxygen atoms in total. The van der Waals surface area contributed by atoms with Crippen molar-refractivity contribution in [3.8, 4) is 0 Å². The molecular formula is C17H13F2N5O2. The van der Waals surface area contributed by atoms with Gasteiger partial charge in [-0.15, -0.1) is 0 Å². The Morgan fingerprint density at radius 3 is 2.54 bits per heavy atom. The first-order chi connectivity index (χ1) is 12.3. The van der Waals surface area contributed by atoms with Crippen molar-refractivity contribution < 1.29 is 18.4 Å². The van der Waals surface area contributed by atoms with Crippen LogP contribution in [0.3, 0.4) is 0 Å². The van der Waals surface area contributed by atoms with Gasteiger partial charge in [0.05, 0.1) is 17.0 Å². The van der Waals surface area contributed by atoms with E-state index >= 15 is 0 Å². The molecule has 2 amide bonds. The molecule has 0 saturated heterocycles. The summed E-state index contributed by atoms with van der Waals surface area (Å²) in [6, 6.07) is 4.32. The minimum atomic E-state index is -1.14. The number of rotatable bonds is 2. The van der Waals surface area contributed by atoms with Crippen LogP contribution in [0.2, 0.25) is 0 Å². The second kappa shape index (κ2) is 6.43. The number of nitrogens with one attached hydrogen (secondary N) is 1. The molecule has 132 valence electrons. The summed E-state index contributed by atoms with van der Waals surface area (Å²) < 4.78 is 27.5. The second-order valence-corrected chi connectivity index (χ2v) is 5.56. The molecule has 0 fully saturated rings. The molecule has 9 heteroatoms. The molecule has 0 aliphatic carbocycles. The molecular weight excluding hydrogens is 344 g/mol. The number of benzene rings is 1. The van der Waals surface area contributed by atoms with Gasteiger partial charge in [0.15, 0.2) is 11.6 Å². The van der Waals surface area contributed by atoms with Gasteiger partial charge >= 0.3 is 0 Å². The van der Waals surface area contributed by atoms with Gasteiger partial charge in [0.25, 0.3) is 17.8 Å². The molecule has 26 heavy (non-hydrogen) atoms. The normalized spacial score (nSPS) is 14.2. The Kier molecular flexibility index (Phi) is 4.29. The van der Waals surface area contributed by atoms with Crippen LogP contribution in [-0.2, 0) is 4.79 Å². The highest BCUT2D eigenvalue weighted by atomic mass is 19.2. The third-order valence-corrected chi connectivity index (χ3v) is 3.61. The van der Waals surface area contributed by atoms with Gasteiger partial charge in [-0.2, -0.15) is 14.8 Å². The van der Waals surface area contributed by atoms with E-state index < -0.39 is 23.4 Å². The number of nitrogens with zero attached hydrogens (tertiary/aromatic N) is 4. The molecule has 0 radical (unpaired) electrons. The molecule has 1 aromatic heterocycles. The quantitative estimate of drug-likeness (QED) is 0.838. The van der Waals surface area contributed by atoms with Gasteiger partial charge in [-0.3, -0.25) is 9.59 Å². The van der Waals surface area contributed by atoms with E-state index in [2.05, 4.69) is 27.0 Å². The molecule has 2 aromatic rings. The number of anilines is 1. The van der Waals surface area contributed by atoms with Gasteiger partial charge in [0.1, 0.15) is 5.82 Å². The first kappa shape index (κ1) is 17.3. The zero-order chi connectivity index (χ0) is 19.0. The average Bonchev–Trinajstić information content (AvgIpc) is 2.95. The lowest BCUT2D eigenvalue weighted by Gasteiger charge is -2.12. The maximum Gasteiger partial charge on any atom is 0.281 e. The molecule has 0 bridgehead atoms. The molecule has 0 saturated carbocycles. The van der Waals surface area contributed by atoms with E-state index in [0.717, 1.165) is 18.2 Å². The van der Waals surface area contributed by atoms with Gasteiger partial charge in [0, 0.05) is 11.6 Å². The third-order valence-electron chi connectivity index (χ3n) is 3.61. The Morgan fingerprint density at radius 1 is 1.15 bits per heavy atom. The number of hydrogen-bond donors (Lipinski definition) is 1. The van der Waals surface area contributed by atoms with Crippen molar-refractivity contribution in [3.63, 3.8) is 0 Å². The van der Waals surface area contributed by atoms with Crippen LogP contribution in [-0.4, -0.2) is 33.3 Å². The minimum Gasteiger partial charge on any atom is -0.306 e. The van der Waals surface area contributed by atoms with Crippen LogP contribution in [0.4, 0.5) is 14.6 Å². The summed E-state index contributed by atoms with van der Waals surface area (Å²) in [6.45, 7) is 6.86.